The highest BCUT2D eigenvalue weighted by atomic mass is 32.1. The number of fused-ring (bicyclic) bond motifs is 1. The number of aryl methyl sites for hydroxylation is 3. The number of piperazine rings is 1. The Kier molecular flexibility index (Phi) is 6.25. The van der Waals surface area contributed by atoms with Gasteiger partial charge in [-0.3, -0.25) is 9.59 Å². The zero-order valence-electron chi connectivity index (χ0n) is 20.0. The fourth-order valence-electron chi connectivity index (χ4n) is 4.29. The first-order valence-electron chi connectivity index (χ1n) is 11.6. The fraction of sp³-hybridized carbons (Fsp3) is 0.308. The summed E-state index contributed by atoms with van der Waals surface area (Å²) in [6, 6.07) is 15.5. The maximum atomic E-state index is 12.8. The van der Waals surface area contributed by atoms with Gasteiger partial charge in [0.15, 0.2) is 6.61 Å². The van der Waals surface area contributed by atoms with Gasteiger partial charge >= 0.3 is 0 Å². The number of hydrogen-bond acceptors (Lipinski definition) is 7. The summed E-state index contributed by atoms with van der Waals surface area (Å²) < 4.78 is 7.09. The van der Waals surface area contributed by atoms with Crippen molar-refractivity contribution in [3.8, 4) is 16.3 Å². The van der Waals surface area contributed by atoms with Crippen molar-refractivity contribution in [2.45, 2.75) is 20.8 Å². The Balaban J connectivity index is 1.24. The van der Waals surface area contributed by atoms with Crippen molar-refractivity contribution in [1.29, 1.82) is 0 Å². The van der Waals surface area contributed by atoms with Crippen molar-refractivity contribution in [3.05, 3.63) is 75.6 Å². The van der Waals surface area contributed by atoms with E-state index in [-0.39, 0.29) is 18.1 Å². The average molecular weight is 490 g/mol. The van der Waals surface area contributed by atoms with Gasteiger partial charge in [-0.1, -0.05) is 41.2 Å². The van der Waals surface area contributed by atoms with Crippen molar-refractivity contribution in [2.24, 2.45) is 0 Å². The number of anilines is 1. The van der Waals surface area contributed by atoms with E-state index in [9.17, 15) is 9.59 Å². The number of ether oxygens (including phenoxy) is 1. The molecule has 1 aliphatic rings. The molecule has 0 saturated carbocycles. The summed E-state index contributed by atoms with van der Waals surface area (Å²) >= 11 is 1.40. The Morgan fingerprint density at radius 1 is 0.971 bits per heavy atom. The van der Waals surface area contributed by atoms with Crippen molar-refractivity contribution in [2.75, 3.05) is 37.7 Å². The minimum Gasteiger partial charge on any atom is -0.484 e. The molecule has 4 aromatic rings. The second kappa shape index (κ2) is 9.50. The quantitative estimate of drug-likeness (QED) is 0.427. The van der Waals surface area contributed by atoms with Gasteiger partial charge in [0.05, 0.1) is 0 Å². The maximum absolute atomic E-state index is 12.8. The van der Waals surface area contributed by atoms with Crippen LogP contribution in [-0.4, -0.2) is 58.2 Å². The molecule has 0 spiro atoms. The average Bonchev–Trinajstić information content (AvgIpc) is 3.27. The van der Waals surface area contributed by atoms with E-state index in [2.05, 4.69) is 11.2 Å². The van der Waals surface area contributed by atoms with Crippen LogP contribution in [0.4, 0.5) is 5.82 Å². The van der Waals surface area contributed by atoms with Crippen molar-refractivity contribution in [1.82, 2.24) is 19.5 Å². The zero-order valence-corrected chi connectivity index (χ0v) is 20.8. The number of nitrogens with zero attached hydrogens (tertiary/aromatic N) is 5. The molecule has 0 radical (unpaired) electrons. The van der Waals surface area contributed by atoms with Crippen LogP contribution in [0.5, 0.6) is 5.75 Å². The van der Waals surface area contributed by atoms with Gasteiger partial charge < -0.3 is 14.5 Å². The van der Waals surface area contributed by atoms with Crippen LogP contribution < -0.4 is 15.2 Å². The highest BCUT2D eigenvalue weighted by molar-refractivity contribution is 7.19. The van der Waals surface area contributed by atoms with Crippen LogP contribution in [0.15, 0.2) is 53.3 Å². The molecule has 0 N–H and O–H groups in total. The Morgan fingerprint density at radius 2 is 1.71 bits per heavy atom. The highest BCUT2D eigenvalue weighted by Crippen LogP contribution is 2.26. The zero-order chi connectivity index (χ0) is 24.5. The molecule has 5 rings (SSSR count). The molecular weight excluding hydrogens is 462 g/mol. The maximum Gasteiger partial charge on any atom is 0.277 e. The van der Waals surface area contributed by atoms with E-state index in [1.54, 1.807) is 4.90 Å². The van der Waals surface area contributed by atoms with Crippen LogP contribution in [0, 0.1) is 20.8 Å². The number of rotatable bonds is 5. The first-order chi connectivity index (χ1) is 16.9. The Morgan fingerprint density at radius 3 is 2.43 bits per heavy atom. The van der Waals surface area contributed by atoms with Gasteiger partial charge in [-0.2, -0.15) is 9.61 Å². The molecule has 0 unspecified atom stereocenters. The van der Waals surface area contributed by atoms with Crippen LogP contribution in [0.3, 0.4) is 0 Å². The summed E-state index contributed by atoms with van der Waals surface area (Å²) in [5, 5.41) is 5.24. The van der Waals surface area contributed by atoms with Crippen LogP contribution >= 0.6 is 11.3 Å². The minimum atomic E-state index is -0.208. The third-order valence-corrected chi connectivity index (χ3v) is 6.97. The highest BCUT2D eigenvalue weighted by Gasteiger charge is 2.23. The summed E-state index contributed by atoms with van der Waals surface area (Å²) in [6.45, 7) is 8.35. The monoisotopic (exact) mass is 489 g/mol. The number of benzene rings is 2. The SMILES string of the molecule is Cc1cc(C)cc(OCC(=O)N2CCN(c3cc(=O)n4nc(-c5cccc(C)c5)sc4n3)CC2)c1. The third kappa shape index (κ3) is 5.05. The predicted octanol–water partition coefficient (Wildman–Crippen LogP) is 3.47. The normalized spacial score (nSPS) is 13.9. The molecule has 2 aromatic heterocycles. The number of carbonyl (C=O) groups excluding carboxylic acids is 1. The van der Waals surface area contributed by atoms with Gasteiger partial charge in [0.2, 0.25) is 4.96 Å². The Bertz CT molecular complexity index is 1430. The molecule has 1 saturated heterocycles. The number of carbonyl (C=O) groups is 1. The standard InChI is InChI=1S/C26H27N5O3S/c1-17-5-4-6-20(12-17)25-28-31-23(32)15-22(27-26(31)35-25)29-7-9-30(10-8-29)24(33)16-34-21-13-18(2)11-19(3)14-21/h4-6,11-15H,7-10,16H2,1-3H3. The van der Waals surface area contributed by atoms with Crippen LogP contribution in [0.25, 0.3) is 15.5 Å². The lowest BCUT2D eigenvalue weighted by molar-refractivity contribution is -0.133. The molecule has 180 valence electrons. The third-order valence-electron chi connectivity index (χ3n) is 6.01. The predicted molar refractivity (Wildman–Crippen MR) is 138 cm³/mol. The van der Waals surface area contributed by atoms with Gasteiger partial charge in [0.1, 0.15) is 16.6 Å². The van der Waals surface area contributed by atoms with Gasteiger partial charge in [0.25, 0.3) is 11.5 Å². The summed E-state index contributed by atoms with van der Waals surface area (Å²) in [6.07, 6.45) is 0. The number of aromatic nitrogens is 3. The number of hydrogen-bond donors (Lipinski definition) is 0. The molecule has 9 heteroatoms. The summed E-state index contributed by atoms with van der Waals surface area (Å²) in [4.78, 5) is 34.5. The molecule has 2 aromatic carbocycles. The molecule has 0 bridgehead atoms. The molecule has 3 heterocycles. The summed E-state index contributed by atoms with van der Waals surface area (Å²) in [5.74, 6) is 1.28. The van der Waals surface area contributed by atoms with E-state index in [0.29, 0.717) is 42.7 Å². The lowest BCUT2D eigenvalue weighted by Crippen LogP contribution is -2.50. The van der Waals surface area contributed by atoms with E-state index in [0.717, 1.165) is 27.3 Å². The van der Waals surface area contributed by atoms with E-state index < -0.39 is 0 Å². The van der Waals surface area contributed by atoms with Gasteiger partial charge in [0, 0.05) is 37.8 Å². The number of amides is 1. The molecule has 35 heavy (non-hydrogen) atoms. The first-order valence-corrected chi connectivity index (χ1v) is 12.4. The molecule has 0 aliphatic carbocycles. The Labute approximate surface area is 207 Å². The van der Waals surface area contributed by atoms with Crippen molar-refractivity contribution < 1.29 is 9.53 Å². The molecule has 1 amide bonds. The van der Waals surface area contributed by atoms with Crippen LogP contribution in [-0.2, 0) is 4.79 Å². The summed E-state index contributed by atoms with van der Waals surface area (Å²) in [7, 11) is 0. The van der Waals surface area contributed by atoms with E-state index in [1.165, 1.54) is 21.9 Å². The molecule has 0 atom stereocenters. The fourth-order valence-corrected chi connectivity index (χ4v) is 5.19. The molecule has 8 nitrogen and oxygen atoms in total. The van der Waals surface area contributed by atoms with E-state index in [1.807, 2.05) is 62.1 Å². The van der Waals surface area contributed by atoms with Gasteiger partial charge in [-0.25, -0.2) is 4.98 Å². The molecule has 1 fully saturated rings. The van der Waals surface area contributed by atoms with Gasteiger partial charge in [-0.05, 0) is 50.1 Å². The largest absolute Gasteiger partial charge is 0.484 e. The second-order valence-electron chi connectivity index (χ2n) is 8.90. The summed E-state index contributed by atoms with van der Waals surface area (Å²) in [5.41, 5.74) is 4.11. The van der Waals surface area contributed by atoms with E-state index >= 15 is 0 Å². The van der Waals surface area contributed by atoms with E-state index in [4.69, 9.17) is 9.72 Å². The minimum absolute atomic E-state index is 0.0110. The van der Waals surface area contributed by atoms with Crippen molar-refractivity contribution >= 4 is 28.0 Å². The van der Waals surface area contributed by atoms with Crippen molar-refractivity contribution in [3.63, 3.8) is 0 Å². The molecule has 1 aliphatic heterocycles. The Hall–Kier alpha value is -3.72. The topological polar surface area (TPSA) is 80.0 Å². The molecular formula is C26H27N5O3S. The lowest BCUT2D eigenvalue weighted by Gasteiger charge is -2.35. The second-order valence-corrected chi connectivity index (χ2v) is 9.86. The van der Waals surface area contributed by atoms with Crippen LogP contribution in [0.1, 0.15) is 16.7 Å². The van der Waals surface area contributed by atoms with Crippen LogP contribution in [0.2, 0.25) is 0 Å². The van der Waals surface area contributed by atoms with Gasteiger partial charge in [-0.15, -0.1) is 0 Å². The first kappa shape index (κ1) is 23.0. The smallest absolute Gasteiger partial charge is 0.277 e. The lowest BCUT2D eigenvalue weighted by atomic mass is 10.1.